The van der Waals surface area contributed by atoms with Crippen molar-refractivity contribution < 1.29 is 32.6 Å². The molecule has 35 heavy (non-hydrogen) atoms. The first-order valence-corrected chi connectivity index (χ1v) is 10.6. The Morgan fingerprint density at radius 2 is 1.83 bits per heavy atom. The first-order chi connectivity index (χ1) is 16.4. The van der Waals surface area contributed by atoms with E-state index in [1.165, 1.54) is 23.3 Å². The van der Waals surface area contributed by atoms with E-state index in [0.29, 0.717) is 5.57 Å². The highest BCUT2D eigenvalue weighted by molar-refractivity contribution is 6.23. The lowest BCUT2D eigenvalue weighted by molar-refractivity contribution is -0.274. The molecule has 0 bridgehead atoms. The summed E-state index contributed by atoms with van der Waals surface area (Å²) in [5, 5.41) is 10.6. The molecule has 0 fully saturated rings. The summed E-state index contributed by atoms with van der Waals surface area (Å²) < 4.78 is 45.9. The van der Waals surface area contributed by atoms with E-state index >= 15 is 0 Å². The number of ketones is 2. The molecular weight excluding hydrogens is 471 g/mol. The molecule has 1 aromatic carbocycles. The minimum Gasteiger partial charge on any atom is -0.508 e. The second kappa shape index (κ2) is 7.45. The van der Waals surface area contributed by atoms with Gasteiger partial charge in [0, 0.05) is 41.7 Å². The van der Waals surface area contributed by atoms with Crippen molar-refractivity contribution in [2.75, 3.05) is 0 Å². The van der Waals surface area contributed by atoms with Gasteiger partial charge >= 0.3 is 17.7 Å². The van der Waals surface area contributed by atoms with Gasteiger partial charge in [0.2, 0.25) is 0 Å². The van der Waals surface area contributed by atoms with E-state index in [0.717, 1.165) is 28.8 Å². The molecule has 1 aromatic heterocycles. The van der Waals surface area contributed by atoms with Gasteiger partial charge < -0.3 is 9.84 Å². The maximum atomic E-state index is 13.1. The minimum absolute atomic E-state index is 0.0161. The molecule has 1 aliphatic heterocycles. The smallest absolute Gasteiger partial charge is 0.508 e. The van der Waals surface area contributed by atoms with Gasteiger partial charge in [-0.2, -0.15) is 0 Å². The standard InChI is InChI=1S/C23H18F3N3O6/c1-10-7-17(31)19-14(20(10)32)9-15-12(5-6-28-21(33)27(2)22(34)29(15)28)18(19)13-8-11(3-4-16(13)30)35-23(24,25)26/h3-5,7-8,15,18,30H,6,9H2,1-2H3/t15-,18-/m1/s1. The summed E-state index contributed by atoms with van der Waals surface area (Å²) in [5.41, 5.74) is -0.635. The average Bonchev–Trinajstić information content (AvgIpc) is 3.00. The van der Waals surface area contributed by atoms with Crippen LogP contribution in [-0.2, 0) is 23.2 Å². The van der Waals surface area contributed by atoms with Crippen LogP contribution in [0.5, 0.6) is 11.5 Å². The van der Waals surface area contributed by atoms with E-state index < -0.39 is 52.8 Å². The van der Waals surface area contributed by atoms with Crippen LogP contribution in [0.3, 0.4) is 0 Å². The number of phenols is 1. The van der Waals surface area contributed by atoms with Crippen LogP contribution in [0.25, 0.3) is 0 Å². The number of carbonyl (C=O) groups is 2. The molecule has 0 spiro atoms. The van der Waals surface area contributed by atoms with E-state index in [9.17, 15) is 37.5 Å². The third-order valence-corrected chi connectivity index (χ3v) is 6.56. The normalized spacial score (nSPS) is 21.7. The number of hydrogen-bond donors (Lipinski definition) is 1. The number of carbonyl (C=O) groups excluding carboxylic acids is 2. The maximum absolute atomic E-state index is 13.1. The number of benzene rings is 1. The predicted molar refractivity (Wildman–Crippen MR) is 114 cm³/mol. The number of phenolic OH excluding ortho intramolecular Hbond substituents is 1. The van der Waals surface area contributed by atoms with Crippen molar-refractivity contribution in [3.05, 3.63) is 79.2 Å². The molecule has 182 valence electrons. The van der Waals surface area contributed by atoms with Crippen molar-refractivity contribution in [3.63, 3.8) is 0 Å². The number of alkyl halides is 3. The van der Waals surface area contributed by atoms with Crippen molar-refractivity contribution in [1.82, 2.24) is 13.9 Å². The number of allylic oxidation sites excluding steroid dienone is 6. The van der Waals surface area contributed by atoms with Gasteiger partial charge in [-0.3, -0.25) is 9.59 Å². The van der Waals surface area contributed by atoms with E-state index in [1.54, 1.807) is 6.08 Å². The van der Waals surface area contributed by atoms with Crippen molar-refractivity contribution in [3.8, 4) is 11.5 Å². The zero-order valence-corrected chi connectivity index (χ0v) is 18.4. The number of hydrogen-bond acceptors (Lipinski definition) is 6. The molecule has 9 nitrogen and oxygen atoms in total. The van der Waals surface area contributed by atoms with Crippen LogP contribution in [0.4, 0.5) is 13.2 Å². The van der Waals surface area contributed by atoms with Crippen LogP contribution in [0.15, 0.2) is 62.2 Å². The zero-order valence-electron chi connectivity index (χ0n) is 18.4. The fourth-order valence-corrected chi connectivity index (χ4v) is 5.08. The fraction of sp³-hybridized carbons (Fsp3) is 0.304. The third-order valence-electron chi connectivity index (χ3n) is 6.56. The van der Waals surface area contributed by atoms with Gasteiger partial charge in [0.1, 0.15) is 11.5 Å². The second-order valence-corrected chi connectivity index (χ2v) is 8.59. The summed E-state index contributed by atoms with van der Waals surface area (Å²) >= 11 is 0. The van der Waals surface area contributed by atoms with E-state index in [4.69, 9.17) is 0 Å². The molecule has 3 aliphatic rings. The van der Waals surface area contributed by atoms with Crippen LogP contribution in [-0.4, -0.2) is 37.0 Å². The highest BCUT2D eigenvalue weighted by Gasteiger charge is 2.45. The minimum atomic E-state index is -5.00. The topological polar surface area (TPSA) is 113 Å². The Kier molecular flexibility index (Phi) is 4.83. The largest absolute Gasteiger partial charge is 0.573 e. The summed E-state index contributed by atoms with van der Waals surface area (Å²) in [5.74, 6) is -3.16. The van der Waals surface area contributed by atoms with Crippen LogP contribution in [0, 0.1) is 0 Å². The Balaban J connectivity index is 1.77. The first kappa shape index (κ1) is 22.7. The van der Waals surface area contributed by atoms with Crippen molar-refractivity contribution >= 4 is 11.6 Å². The van der Waals surface area contributed by atoms with Gasteiger partial charge in [0.05, 0.1) is 12.6 Å². The number of rotatable bonds is 2. The quantitative estimate of drug-likeness (QED) is 0.510. The van der Waals surface area contributed by atoms with Crippen LogP contribution < -0.4 is 16.1 Å². The van der Waals surface area contributed by atoms with E-state index in [-0.39, 0.29) is 35.2 Å². The molecule has 0 saturated carbocycles. The predicted octanol–water partition coefficient (Wildman–Crippen LogP) is 2.02. The molecule has 12 heteroatoms. The molecule has 2 heterocycles. The summed E-state index contributed by atoms with van der Waals surface area (Å²) in [6, 6.07) is 2.02. The van der Waals surface area contributed by atoms with Crippen molar-refractivity contribution in [1.29, 1.82) is 0 Å². The Morgan fingerprint density at radius 3 is 2.51 bits per heavy atom. The first-order valence-electron chi connectivity index (χ1n) is 10.6. The van der Waals surface area contributed by atoms with Gasteiger partial charge in [-0.25, -0.2) is 23.5 Å². The average molecular weight is 489 g/mol. The Hall–Kier alpha value is -4.09. The number of halogens is 3. The lowest BCUT2D eigenvalue weighted by Gasteiger charge is -2.39. The summed E-state index contributed by atoms with van der Waals surface area (Å²) in [6.07, 6.45) is -2.33. The molecule has 2 aromatic rings. The van der Waals surface area contributed by atoms with Crippen molar-refractivity contribution in [2.24, 2.45) is 7.05 Å². The lowest BCUT2D eigenvalue weighted by atomic mass is 9.68. The highest BCUT2D eigenvalue weighted by atomic mass is 19.4. The number of nitrogens with zero attached hydrogens (tertiary/aromatic N) is 3. The summed E-state index contributed by atoms with van der Waals surface area (Å²) in [6.45, 7) is 1.42. The van der Waals surface area contributed by atoms with Crippen molar-refractivity contribution in [2.45, 2.75) is 38.2 Å². The van der Waals surface area contributed by atoms with E-state index in [2.05, 4.69) is 4.74 Å². The fourth-order valence-electron chi connectivity index (χ4n) is 5.08. The Labute approximate surface area is 194 Å². The highest BCUT2D eigenvalue weighted by Crippen LogP contribution is 2.51. The summed E-state index contributed by atoms with van der Waals surface area (Å²) in [7, 11) is 1.31. The third kappa shape index (κ3) is 3.39. The Bertz CT molecular complexity index is 1530. The van der Waals surface area contributed by atoms with Gasteiger partial charge in [-0.15, -0.1) is 13.2 Å². The number of fused-ring (bicyclic) bond motifs is 3. The number of aromatic nitrogens is 3. The molecule has 1 N–H and O–H groups in total. The zero-order chi connectivity index (χ0) is 25.4. The molecule has 0 saturated heterocycles. The Morgan fingerprint density at radius 1 is 1.11 bits per heavy atom. The molecule has 2 atom stereocenters. The van der Waals surface area contributed by atoms with E-state index in [1.807, 2.05) is 0 Å². The van der Waals surface area contributed by atoms with Gasteiger partial charge in [0.15, 0.2) is 11.6 Å². The van der Waals surface area contributed by atoms with Gasteiger partial charge in [-0.05, 0) is 36.8 Å². The van der Waals surface area contributed by atoms with Crippen LogP contribution >= 0.6 is 0 Å². The van der Waals surface area contributed by atoms with Crippen LogP contribution in [0.1, 0.15) is 30.9 Å². The lowest BCUT2D eigenvalue weighted by Crippen LogP contribution is -2.40. The monoisotopic (exact) mass is 489 g/mol. The maximum Gasteiger partial charge on any atom is 0.573 e. The SMILES string of the molecule is CC1=CC(=O)C2=C(C[C@@H]3C(=CCn4c(=O)n(C)c(=O)n43)[C@@H]2c2cc(OC(F)(F)F)ccc2O)C1=O. The molecular formula is C23H18F3N3O6. The van der Waals surface area contributed by atoms with Crippen LogP contribution in [0.2, 0.25) is 0 Å². The molecule has 2 aliphatic carbocycles. The number of aromatic hydroxyl groups is 1. The van der Waals surface area contributed by atoms with Gasteiger partial charge in [0.25, 0.3) is 0 Å². The summed E-state index contributed by atoms with van der Waals surface area (Å²) in [4.78, 5) is 51.6. The number of Topliss-reactive ketones (excluding diaryl/α,β-unsaturated/α-hetero) is 1. The molecule has 0 unspecified atom stereocenters. The number of ether oxygens (including phenoxy) is 1. The molecule has 0 amide bonds. The molecule has 5 rings (SSSR count). The van der Waals surface area contributed by atoms with Gasteiger partial charge in [-0.1, -0.05) is 6.08 Å². The molecule has 0 radical (unpaired) electrons. The second-order valence-electron chi connectivity index (χ2n) is 8.59.